The van der Waals surface area contributed by atoms with Gasteiger partial charge < -0.3 is 9.30 Å². The molecule has 1 fully saturated rings. The Morgan fingerprint density at radius 2 is 2.04 bits per heavy atom. The molecule has 2 aromatic heterocycles. The highest BCUT2D eigenvalue weighted by Crippen LogP contribution is 2.42. The van der Waals surface area contributed by atoms with Gasteiger partial charge in [0.25, 0.3) is 0 Å². The second-order valence-electron chi connectivity index (χ2n) is 6.00. The van der Waals surface area contributed by atoms with E-state index in [1.165, 1.54) is 6.33 Å². The zero-order chi connectivity index (χ0) is 16.5. The summed E-state index contributed by atoms with van der Waals surface area (Å²) in [5.41, 5.74) is 2.18. The summed E-state index contributed by atoms with van der Waals surface area (Å²) in [4.78, 5) is 12.3. The maximum absolute atomic E-state index is 14.6. The predicted molar refractivity (Wildman–Crippen MR) is 88.5 cm³/mol. The van der Waals surface area contributed by atoms with E-state index in [9.17, 15) is 4.39 Å². The third-order valence-corrected chi connectivity index (χ3v) is 4.75. The van der Waals surface area contributed by atoms with Crippen molar-refractivity contribution in [2.24, 2.45) is 5.92 Å². The molecule has 1 unspecified atom stereocenters. The number of nitrogens with zero attached hydrogens (tertiary/aromatic N) is 4. The molecular weight excluding hydrogens is 331 g/mol. The van der Waals surface area contributed by atoms with Crippen molar-refractivity contribution in [1.29, 1.82) is 0 Å². The first kappa shape index (κ1) is 15.5. The topological polar surface area (TPSA) is 52.8 Å². The lowest BCUT2D eigenvalue weighted by Gasteiger charge is -2.40. The van der Waals surface area contributed by atoms with E-state index in [0.29, 0.717) is 30.8 Å². The lowest BCUT2D eigenvalue weighted by Crippen LogP contribution is -2.42. The Morgan fingerprint density at radius 3 is 2.83 bits per heavy atom. The standard InChI is InChI=1S/C17H16ClFN4O/c18-16-15-17(21-9-20-16)23(10-22-15)13-6-12(14(13)19)8-24-7-11-4-2-1-3-5-11/h1-5,9-10,12-14H,6-8H2/t12-,13-,14?/m1/s1. The van der Waals surface area contributed by atoms with Crippen LogP contribution in [0, 0.1) is 5.92 Å². The first-order valence-corrected chi connectivity index (χ1v) is 8.20. The Morgan fingerprint density at radius 1 is 1.21 bits per heavy atom. The minimum Gasteiger partial charge on any atom is -0.376 e. The van der Waals surface area contributed by atoms with Gasteiger partial charge in [0, 0.05) is 5.92 Å². The predicted octanol–water partition coefficient (Wildman–Crippen LogP) is 3.60. The van der Waals surface area contributed by atoms with Gasteiger partial charge in [-0.1, -0.05) is 41.9 Å². The van der Waals surface area contributed by atoms with Crippen molar-refractivity contribution in [3.63, 3.8) is 0 Å². The molecule has 1 aliphatic carbocycles. The molecule has 0 bridgehead atoms. The monoisotopic (exact) mass is 346 g/mol. The second-order valence-corrected chi connectivity index (χ2v) is 6.35. The van der Waals surface area contributed by atoms with E-state index in [4.69, 9.17) is 16.3 Å². The number of benzene rings is 1. The highest BCUT2D eigenvalue weighted by molar-refractivity contribution is 6.33. The Kier molecular flexibility index (Phi) is 4.16. The fourth-order valence-corrected chi connectivity index (χ4v) is 3.26. The van der Waals surface area contributed by atoms with Crippen molar-refractivity contribution >= 4 is 22.8 Å². The van der Waals surface area contributed by atoms with Gasteiger partial charge in [-0.05, 0) is 12.0 Å². The van der Waals surface area contributed by atoms with E-state index in [1.807, 2.05) is 30.3 Å². The Hall–Kier alpha value is -2.05. The van der Waals surface area contributed by atoms with Crippen LogP contribution in [0.5, 0.6) is 0 Å². The van der Waals surface area contributed by atoms with Gasteiger partial charge >= 0.3 is 0 Å². The van der Waals surface area contributed by atoms with Crippen molar-refractivity contribution in [2.75, 3.05) is 6.61 Å². The van der Waals surface area contributed by atoms with Crippen LogP contribution in [0.3, 0.4) is 0 Å². The van der Waals surface area contributed by atoms with E-state index in [0.717, 1.165) is 5.56 Å². The highest BCUT2D eigenvalue weighted by atomic mass is 35.5. The van der Waals surface area contributed by atoms with E-state index >= 15 is 0 Å². The number of halogens is 2. The molecule has 1 aliphatic rings. The van der Waals surface area contributed by atoms with Crippen molar-refractivity contribution in [3.8, 4) is 0 Å². The van der Waals surface area contributed by atoms with Gasteiger partial charge in [0.05, 0.1) is 25.6 Å². The lowest BCUT2D eigenvalue weighted by atomic mass is 9.78. The first-order chi connectivity index (χ1) is 11.7. The molecule has 4 rings (SSSR count). The van der Waals surface area contributed by atoms with Crippen LogP contribution in [0.1, 0.15) is 18.0 Å². The molecule has 0 spiro atoms. The van der Waals surface area contributed by atoms with Crippen LogP contribution < -0.4 is 0 Å². The van der Waals surface area contributed by atoms with Crippen LogP contribution >= 0.6 is 11.6 Å². The third kappa shape index (κ3) is 2.76. The number of hydrogen-bond donors (Lipinski definition) is 0. The average molecular weight is 347 g/mol. The molecule has 1 saturated carbocycles. The van der Waals surface area contributed by atoms with Gasteiger partial charge in [0.15, 0.2) is 10.8 Å². The van der Waals surface area contributed by atoms with Gasteiger partial charge in [-0.3, -0.25) is 0 Å². The molecule has 0 aliphatic heterocycles. The molecule has 0 radical (unpaired) electrons. The van der Waals surface area contributed by atoms with E-state index in [1.54, 1.807) is 10.9 Å². The Labute approximate surface area is 143 Å². The molecule has 5 nitrogen and oxygen atoms in total. The maximum Gasteiger partial charge on any atom is 0.165 e. The van der Waals surface area contributed by atoms with Crippen LogP contribution in [0.25, 0.3) is 11.2 Å². The number of hydrogen-bond acceptors (Lipinski definition) is 4. The number of ether oxygens (including phenoxy) is 1. The van der Waals surface area contributed by atoms with Crippen LogP contribution in [0.2, 0.25) is 5.15 Å². The van der Waals surface area contributed by atoms with Crippen LogP contribution in [0.15, 0.2) is 43.0 Å². The minimum absolute atomic E-state index is 0.103. The maximum atomic E-state index is 14.6. The molecule has 0 saturated heterocycles. The normalized spacial score (nSPS) is 23.3. The number of fused-ring (bicyclic) bond motifs is 1. The number of imidazole rings is 1. The SMILES string of the molecule is FC1[C@@H](COCc2ccccc2)C[C@H]1n1cnc2c(Cl)ncnc21. The van der Waals surface area contributed by atoms with Crippen molar-refractivity contribution in [2.45, 2.75) is 25.2 Å². The molecule has 24 heavy (non-hydrogen) atoms. The average Bonchev–Trinajstić information content (AvgIpc) is 3.03. The highest BCUT2D eigenvalue weighted by Gasteiger charge is 2.43. The van der Waals surface area contributed by atoms with Crippen LogP contribution in [0.4, 0.5) is 4.39 Å². The van der Waals surface area contributed by atoms with Crippen molar-refractivity contribution in [3.05, 3.63) is 53.7 Å². The van der Waals surface area contributed by atoms with Crippen molar-refractivity contribution < 1.29 is 9.13 Å². The quantitative estimate of drug-likeness (QED) is 0.662. The summed E-state index contributed by atoms with van der Waals surface area (Å²) in [7, 11) is 0. The molecule has 0 N–H and O–H groups in total. The molecule has 7 heteroatoms. The largest absolute Gasteiger partial charge is 0.376 e. The molecule has 3 atom stereocenters. The minimum atomic E-state index is -0.980. The summed E-state index contributed by atoms with van der Waals surface area (Å²) in [6.07, 6.45) is 2.67. The summed E-state index contributed by atoms with van der Waals surface area (Å²) < 4.78 is 22.0. The van der Waals surface area contributed by atoms with Crippen molar-refractivity contribution in [1.82, 2.24) is 19.5 Å². The summed E-state index contributed by atoms with van der Waals surface area (Å²) in [5.74, 6) is -0.103. The van der Waals surface area contributed by atoms with Crippen LogP contribution in [-0.2, 0) is 11.3 Å². The zero-order valence-corrected chi connectivity index (χ0v) is 13.6. The Balaban J connectivity index is 1.37. The van der Waals surface area contributed by atoms with Crippen LogP contribution in [-0.4, -0.2) is 32.3 Å². The fraction of sp³-hybridized carbons (Fsp3) is 0.353. The van der Waals surface area contributed by atoms with Gasteiger partial charge in [-0.2, -0.15) is 0 Å². The zero-order valence-electron chi connectivity index (χ0n) is 12.8. The third-order valence-electron chi connectivity index (χ3n) is 4.48. The first-order valence-electron chi connectivity index (χ1n) is 7.83. The molecule has 2 heterocycles. The Bertz CT molecular complexity index is 841. The van der Waals surface area contributed by atoms with Gasteiger partial charge in [-0.25, -0.2) is 19.3 Å². The van der Waals surface area contributed by atoms with E-state index < -0.39 is 6.17 Å². The summed E-state index contributed by atoms with van der Waals surface area (Å²) >= 11 is 5.99. The lowest BCUT2D eigenvalue weighted by molar-refractivity contribution is -0.0290. The van der Waals surface area contributed by atoms with Gasteiger partial charge in [0.2, 0.25) is 0 Å². The molecule has 1 aromatic carbocycles. The fourth-order valence-electron chi connectivity index (χ4n) is 3.08. The van der Waals surface area contributed by atoms with Gasteiger partial charge in [0.1, 0.15) is 18.0 Å². The second kappa shape index (κ2) is 6.45. The van der Waals surface area contributed by atoms with Gasteiger partial charge in [-0.15, -0.1) is 0 Å². The molecule has 0 amide bonds. The summed E-state index contributed by atoms with van der Waals surface area (Å²) in [5, 5.41) is 0.288. The smallest absolute Gasteiger partial charge is 0.165 e. The summed E-state index contributed by atoms with van der Waals surface area (Å²) in [6.45, 7) is 0.917. The number of alkyl halides is 1. The summed E-state index contributed by atoms with van der Waals surface area (Å²) in [6, 6.07) is 9.62. The number of aromatic nitrogens is 4. The van der Waals surface area contributed by atoms with E-state index in [2.05, 4.69) is 15.0 Å². The van der Waals surface area contributed by atoms with E-state index in [-0.39, 0.29) is 17.1 Å². The molecular formula is C17H16ClFN4O. The molecule has 3 aromatic rings. The molecule has 124 valence electrons. The number of rotatable bonds is 5.